The first kappa shape index (κ1) is 10.3. The molecule has 0 amide bonds. The SMILES string of the molecule is Clc1ccc(N2CCOC3CCCC32)nn1. The van der Waals surface area contributed by atoms with Crippen molar-refractivity contribution in [3.63, 3.8) is 0 Å². The van der Waals surface area contributed by atoms with Crippen LogP contribution in [-0.2, 0) is 4.74 Å². The molecular weight excluding hydrogens is 226 g/mol. The lowest BCUT2D eigenvalue weighted by atomic mass is 10.1. The number of nitrogens with zero attached hydrogens (tertiary/aromatic N) is 3. The van der Waals surface area contributed by atoms with Crippen LogP contribution in [0.5, 0.6) is 0 Å². The van der Waals surface area contributed by atoms with Crippen LogP contribution in [0, 0.1) is 0 Å². The number of hydrogen-bond donors (Lipinski definition) is 0. The number of anilines is 1. The third-order valence-corrected chi connectivity index (χ3v) is 3.60. The molecule has 16 heavy (non-hydrogen) atoms. The predicted molar refractivity (Wildman–Crippen MR) is 61.8 cm³/mol. The monoisotopic (exact) mass is 239 g/mol. The van der Waals surface area contributed by atoms with E-state index in [2.05, 4.69) is 15.1 Å². The van der Waals surface area contributed by atoms with Crippen molar-refractivity contribution >= 4 is 17.4 Å². The lowest BCUT2D eigenvalue weighted by Crippen LogP contribution is -2.49. The van der Waals surface area contributed by atoms with Gasteiger partial charge in [-0.2, -0.15) is 0 Å². The third kappa shape index (κ3) is 1.76. The van der Waals surface area contributed by atoms with Gasteiger partial charge in [0.15, 0.2) is 11.0 Å². The van der Waals surface area contributed by atoms with Crippen LogP contribution in [0.3, 0.4) is 0 Å². The zero-order valence-electron chi connectivity index (χ0n) is 8.97. The Morgan fingerprint density at radius 3 is 3.06 bits per heavy atom. The van der Waals surface area contributed by atoms with Crippen LogP contribution < -0.4 is 4.90 Å². The summed E-state index contributed by atoms with van der Waals surface area (Å²) in [6, 6.07) is 4.21. The zero-order chi connectivity index (χ0) is 11.0. The lowest BCUT2D eigenvalue weighted by molar-refractivity contribution is 0.0252. The van der Waals surface area contributed by atoms with E-state index < -0.39 is 0 Å². The molecule has 0 spiro atoms. The van der Waals surface area contributed by atoms with Gasteiger partial charge in [-0.25, -0.2) is 0 Å². The fourth-order valence-electron chi connectivity index (χ4n) is 2.67. The van der Waals surface area contributed by atoms with Crippen LogP contribution >= 0.6 is 11.6 Å². The third-order valence-electron chi connectivity index (χ3n) is 3.39. The van der Waals surface area contributed by atoms with Gasteiger partial charge in [-0.1, -0.05) is 11.6 Å². The summed E-state index contributed by atoms with van der Waals surface area (Å²) in [5.74, 6) is 0.921. The summed E-state index contributed by atoms with van der Waals surface area (Å²) < 4.78 is 5.76. The number of morpholine rings is 1. The maximum Gasteiger partial charge on any atom is 0.151 e. The van der Waals surface area contributed by atoms with E-state index in [4.69, 9.17) is 16.3 Å². The van der Waals surface area contributed by atoms with E-state index in [0.717, 1.165) is 19.0 Å². The van der Waals surface area contributed by atoms with Crippen molar-refractivity contribution in [3.05, 3.63) is 17.3 Å². The van der Waals surface area contributed by atoms with Crippen molar-refractivity contribution in [2.75, 3.05) is 18.1 Å². The molecule has 1 aromatic rings. The Bertz CT molecular complexity index is 370. The van der Waals surface area contributed by atoms with E-state index in [1.807, 2.05) is 6.07 Å². The molecule has 4 nitrogen and oxygen atoms in total. The molecule has 5 heteroatoms. The lowest BCUT2D eigenvalue weighted by Gasteiger charge is -2.38. The van der Waals surface area contributed by atoms with Crippen LogP contribution in [-0.4, -0.2) is 35.5 Å². The second-order valence-electron chi connectivity index (χ2n) is 4.32. The largest absolute Gasteiger partial charge is 0.374 e. The predicted octanol–water partition coefficient (Wildman–Crippen LogP) is 1.89. The molecule has 1 saturated heterocycles. The highest BCUT2D eigenvalue weighted by Gasteiger charge is 2.36. The van der Waals surface area contributed by atoms with Gasteiger partial charge in [0.2, 0.25) is 0 Å². The van der Waals surface area contributed by atoms with Gasteiger partial charge in [-0.3, -0.25) is 0 Å². The van der Waals surface area contributed by atoms with Crippen LogP contribution in [0.1, 0.15) is 19.3 Å². The average molecular weight is 240 g/mol. The van der Waals surface area contributed by atoms with Crippen LogP contribution in [0.4, 0.5) is 5.82 Å². The van der Waals surface area contributed by atoms with Gasteiger partial charge in [0.25, 0.3) is 0 Å². The van der Waals surface area contributed by atoms with Crippen LogP contribution in [0.25, 0.3) is 0 Å². The molecular formula is C11H14ClN3O. The Morgan fingerprint density at radius 1 is 1.31 bits per heavy atom. The summed E-state index contributed by atoms with van der Waals surface area (Å²) in [4.78, 5) is 2.31. The second-order valence-corrected chi connectivity index (χ2v) is 4.70. The highest BCUT2D eigenvalue weighted by Crippen LogP contribution is 2.32. The first-order chi connectivity index (χ1) is 7.84. The summed E-state index contributed by atoms with van der Waals surface area (Å²) in [5, 5.41) is 8.50. The molecule has 2 aliphatic rings. The van der Waals surface area contributed by atoms with E-state index in [1.165, 1.54) is 19.3 Å². The maximum absolute atomic E-state index is 5.76. The smallest absolute Gasteiger partial charge is 0.151 e. The second kappa shape index (κ2) is 4.18. The number of hydrogen-bond acceptors (Lipinski definition) is 4. The highest BCUT2D eigenvalue weighted by molar-refractivity contribution is 6.29. The van der Waals surface area contributed by atoms with Crippen molar-refractivity contribution in [2.45, 2.75) is 31.4 Å². The number of ether oxygens (including phenoxy) is 1. The Hall–Kier alpha value is -0.870. The summed E-state index contributed by atoms with van der Waals surface area (Å²) in [6.45, 7) is 1.68. The van der Waals surface area contributed by atoms with E-state index in [0.29, 0.717) is 17.3 Å². The average Bonchev–Trinajstić information content (AvgIpc) is 2.78. The van der Waals surface area contributed by atoms with Gasteiger partial charge >= 0.3 is 0 Å². The standard InChI is InChI=1S/C11H14ClN3O/c12-10-4-5-11(14-13-10)15-6-7-16-9-3-1-2-8(9)15/h4-5,8-9H,1-3,6-7H2. The van der Waals surface area contributed by atoms with E-state index in [-0.39, 0.29) is 0 Å². The van der Waals surface area contributed by atoms with Crippen molar-refractivity contribution in [1.82, 2.24) is 10.2 Å². The molecule has 86 valence electrons. The van der Waals surface area contributed by atoms with Crippen molar-refractivity contribution in [2.24, 2.45) is 0 Å². The summed E-state index contributed by atoms with van der Waals surface area (Å²) in [5.41, 5.74) is 0. The minimum absolute atomic E-state index is 0.381. The van der Waals surface area contributed by atoms with Gasteiger partial charge in [0.05, 0.1) is 18.8 Å². The van der Waals surface area contributed by atoms with Crippen LogP contribution in [0.2, 0.25) is 5.15 Å². The Labute approximate surface area is 99.6 Å². The van der Waals surface area contributed by atoms with Crippen molar-refractivity contribution in [1.29, 1.82) is 0 Å². The molecule has 2 unspecified atom stereocenters. The quantitative estimate of drug-likeness (QED) is 0.750. The van der Waals surface area contributed by atoms with Gasteiger partial charge in [0, 0.05) is 6.54 Å². The first-order valence-corrected chi connectivity index (χ1v) is 6.10. The Morgan fingerprint density at radius 2 is 2.25 bits per heavy atom. The maximum atomic E-state index is 5.76. The fourth-order valence-corrected chi connectivity index (χ4v) is 2.77. The normalized spacial score (nSPS) is 29.2. The Kier molecular flexibility index (Phi) is 2.69. The molecule has 2 atom stereocenters. The molecule has 0 N–H and O–H groups in total. The molecule has 2 heterocycles. The van der Waals surface area contributed by atoms with Crippen molar-refractivity contribution in [3.8, 4) is 0 Å². The van der Waals surface area contributed by atoms with Gasteiger partial charge in [-0.15, -0.1) is 10.2 Å². The number of fused-ring (bicyclic) bond motifs is 1. The molecule has 1 aliphatic heterocycles. The van der Waals surface area contributed by atoms with Crippen LogP contribution in [0.15, 0.2) is 12.1 Å². The van der Waals surface area contributed by atoms with Gasteiger partial charge in [0.1, 0.15) is 0 Å². The van der Waals surface area contributed by atoms with E-state index in [9.17, 15) is 0 Å². The number of aromatic nitrogens is 2. The molecule has 0 radical (unpaired) electrons. The molecule has 1 aliphatic carbocycles. The molecule has 1 saturated carbocycles. The first-order valence-electron chi connectivity index (χ1n) is 5.72. The summed E-state index contributed by atoms with van der Waals surface area (Å²) in [6.07, 6.45) is 3.98. The highest BCUT2D eigenvalue weighted by atomic mass is 35.5. The molecule has 2 fully saturated rings. The van der Waals surface area contributed by atoms with Gasteiger partial charge in [-0.05, 0) is 31.4 Å². The molecule has 1 aromatic heterocycles. The topological polar surface area (TPSA) is 38.2 Å². The van der Waals surface area contributed by atoms with Gasteiger partial charge < -0.3 is 9.64 Å². The Balaban J connectivity index is 1.85. The molecule has 0 bridgehead atoms. The molecule has 3 rings (SSSR count). The minimum atomic E-state index is 0.381. The molecule has 0 aromatic carbocycles. The van der Waals surface area contributed by atoms with E-state index >= 15 is 0 Å². The fraction of sp³-hybridized carbons (Fsp3) is 0.636. The van der Waals surface area contributed by atoms with E-state index in [1.54, 1.807) is 6.07 Å². The number of rotatable bonds is 1. The number of halogens is 1. The summed E-state index contributed by atoms with van der Waals surface area (Å²) in [7, 11) is 0. The summed E-state index contributed by atoms with van der Waals surface area (Å²) >= 11 is 5.75. The zero-order valence-corrected chi connectivity index (χ0v) is 9.73. The van der Waals surface area contributed by atoms with Crippen molar-refractivity contribution < 1.29 is 4.74 Å². The minimum Gasteiger partial charge on any atom is -0.374 e.